The van der Waals surface area contributed by atoms with Crippen LogP contribution in [0.25, 0.3) is 11.0 Å². The molecule has 102 valence electrons. The average Bonchev–Trinajstić information content (AvgIpc) is 2.95. The second-order valence-corrected chi connectivity index (χ2v) is 5.51. The van der Waals surface area contributed by atoms with Gasteiger partial charge >= 0.3 is 6.01 Å². The quantitative estimate of drug-likeness (QED) is 0.897. The summed E-state index contributed by atoms with van der Waals surface area (Å²) in [6, 6.07) is 0.416. The summed E-state index contributed by atoms with van der Waals surface area (Å²) in [6.07, 6.45) is 6.54. The number of fused-ring (bicyclic) bond motifs is 1. The molecular weight excluding hydrogens is 240 g/mol. The van der Waals surface area contributed by atoms with Gasteiger partial charge in [0.15, 0.2) is 0 Å². The van der Waals surface area contributed by atoms with Crippen LogP contribution in [0.4, 0.5) is 0 Å². The molecule has 3 rings (SSSR count). The van der Waals surface area contributed by atoms with Gasteiger partial charge in [0.25, 0.3) is 0 Å². The molecule has 0 atom stereocenters. The van der Waals surface area contributed by atoms with Gasteiger partial charge in [-0.25, -0.2) is 0 Å². The molecule has 0 aliphatic heterocycles. The summed E-state index contributed by atoms with van der Waals surface area (Å²) in [5.41, 5.74) is 10.4. The summed E-state index contributed by atoms with van der Waals surface area (Å²) < 4.78 is 7.27. The molecule has 2 heterocycles. The Kier molecular flexibility index (Phi) is 2.74. The van der Waals surface area contributed by atoms with E-state index >= 15 is 0 Å². The van der Waals surface area contributed by atoms with Crippen molar-refractivity contribution in [3.63, 3.8) is 0 Å². The van der Waals surface area contributed by atoms with Crippen LogP contribution in [0.15, 0.2) is 6.20 Å². The zero-order chi connectivity index (χ0) is 13.6. The van der Waals surface area contributed by atoms with E-state index in [9.17, 15) is 0 Å². The molecule has 1 aliphatic rings. The largest absolute Gasteiger partial charge is 0.467 e. The van der Waals surface area contributed by atoms with Gasteiger partial charge in [-0.3, -0.25) is 0 Å². The Bertz CT molecular complexity index is 626. The van der Waals surface area contributed by atoms with Crippen molar-refractivity contribution >= 4 is 11.0 Å². The molecule has 19 heavy (non-hydrogen) atoms. The Balaban J connectivity index is 2.28. The Morgan fingerprint density at radius 3 is 2.63 bits per heavy atom. The molecule has 0 spiro atoms. The van der Waals surface area contributed by atoms with Crippen LogP contribution in [0.1, 0.15) is 36.9 Å². The van der Waals surface area contributed by atoms with Gasteiger partial charge in [-0.2, -0.15) is 9.97 Å². The fraction of sp³-hybridized carbons (Fsp3) is 0.571. The highest BCUT2D eigenvalue weighted by Crippen LogP contribution is 2.40. The highest BCUT2D eigenvalue weighted by atomic mass is 16.5. The van der Waals surface area contributed by atoms with E-state index in [1.807, 2.05) is 14.0 Å². The minimum Gasteiger partial charge on any atom is -0.467 e. The molecule has 5 heteroatoms. The number of hydrogen-bond acceptors (Lipinski definition) is 4. The van der Waals surface area contributed by atoms with Crippen LogP contribution in [0.5, 0.6) is 6.01 Å². The van der Waals surface area contributed by atoms with Crippen molar-refractivity contribution in [2.45, 2.75) is 38.1 Å². The second kappa shape index (κ2) is 4.20. The van der Waals surface area contributed by atoms with Crippen LogP contribution < -0.4 is 10.5 Å². The van der Waals surface area contributed by atoms with E-state index in [4.69, 9.17) is 10.5 Å². The van der Waals surface area contributed by atoms with Crippen LogP contribution in [-0.4, -0.2) is 21.6 Å². The Labute approximate surface area is 112 Å². The first-order chi connectivity index (χ1) is 9.05. The summed E-state index contributed by atoms with van der Waals surface area (Å²) >= 11 is 0. The molecular formula is C14H20N4O. The van der Waals surface area contributed by atoms with Gasteiger partial charge in [0.1, 0.15) is 5.52 Å². The van der Waals surface area contributed by atoms with E-state index in [0.29, 0.717) is 6.01 Å². The summed E-state index contributed by atoms with van der Waals surface area (Å²) in [6.45, 7) is 1.98. The molecule has 2 N–H and O–H groups in total. The summed E-state index contributed by atoms with van der Waals surface area (Å²) in [4.78, 5) is 8.88. The maximum Gasteiger partial charge on any atom is 0.317 e. The minimum absolute atomic E-state index is 0.245. The lowest BCUT2D eigenvalue weighted by atomic mass is 9.91. The van der Waals surface area contributed by atoms with Gasteiger partial charge in [0.2, 0.25) is 0 Å². The molecule has 2 aromatic rings. The van der Waals surface area contributed by atoms with Gasteiger partial charge in [-0.1, -0.05) is 12.8 Å². The van der Waals surface area contributed by atoms with Crippen LogP contribution in [0.3, 0.4) is 0 Å². The number of ether oxygens (including phenoxy) is 1. The van der Waals surface area contributed by atoms with Crippen molar-refractivity contribution in [1.82, 2.24) is 14.5 Å². The van der Waals surface area contributed by atoms with Crippen LogP contribution in [0, 0.1) is 6.92 Å². The first-order valence-electron chi connectivity index (χ1n) is 6.72. The van der Waals surface area contributed by atoms with Gasteiger partial charge in [-0.15, -0.1) is 0 Å². The number of nitrogens with two attached hydrogens (primary N) is 1. The van der Waals surface area contributed by atoms with Gasteiger partial charge in [0, 0.05) is 24.3 Å². The van der Waals surface area contributed by atoms with Crippen LogP contribution >= 0.6 is 0 Å². The molecule has 0 unspecified atom stereocenters. The lowest BCUT2D eigenvalue weighted by molar-refractivity contribution is 0.380. The molecule has 0 aromatic carbocycles. The molecule has 1 fully saturated rings. The Morgan fingerprint density at radius 1 is 1.32 bits per heavy atom. The maximum absolute atomic E-state index is 6.59. The number of methoxy groups -OCH3 is 1. The molecule has 0 saturated heterocycles. The zero-order valence-electron chi connectivity index (χ0n) is 11.7. The second-order valence-electron chi connectivity index (χ2n) is 5.51. The molecule has 1 aliphatic carbocycles. The van der Waals surface area contributed by atoms with Crippen LogP contribution in [0.2, 0.25) is 0 Å². The van der Waals surface area contributed by atoms with E-state index in [2.05, 4.69) is 20.7 Å². The summed E-state index contributed by atoms with van der Waals surface area (Å²) in [5.74, 6) is 0. The smallest absolute Gasteiger partial charge is 0.317 e. The van der Waals surface area contributed by atoms with Crippen LogP contribution in [-0.2, 0) is 12.6 Å². The van der Waals surface area contributed by atoms with Crippen molar-refractivity contribution in [3.05, 3.63) is 17.5 Å². The van der Waals surface area contributed by atoms with Crippen molar-refractivity contribution < 1.29 is 4.74 Å². The van der Waals surface area contributed by atoms with Crippen molar-refractivity contribution in [2.24, 2.45) is 12.8 Å². The Morgan fingerprint density at radius 2 is 2.00 bits per heavy atom. The number of aromatic nitrogens is 3. The highest BCUT2D eigenvalue weighted by Gasteiger charge is 2.35. The van der Waals surface area contributed by atoms with E-state index in [1.54, 1.807) is 7.11 Å². The molecule has 0 amide bonds. The molecule has 1 saturated carbocycles. The van der Waals surface area contributed by atoms with Gasteiger partial charge in [-0.05, 0) is 19.8 Å². The number of rotatable bonds is 2. The predicted molar refractivity (Wildman–Crippen MR) is 74.1 cm³/mol. The highest BCUT2D eigenvalue weighted by molar-refractivity contribution is 5.83. The zero-order valence-corrected chi connectivity index (χ0v) is 11.7. The third-order valence-corrected chi connectivity index (χ3v) is 4.18. The minimum atomic E-state index is -0.245. The third kappa shape index (κ3) is 1.80. The SMILES string of the molecule is COc1nc(C)c2c(n1)c(C1(N)CCCC1)cn2C. The average molecular weight is 260 g/mol. The summed E-state index contributed by atoms with van der Waals surface area (Å²) in [7, 11) is 3.62. The lowest BCUT2D eigenvalue weighted by Crippen LogP contribution is -2.33. The summed E-state index contributed by atoms with van der Waals surface area (Å²) in [5, 5.41) is 0. The topological polar surface area (TPSA) is 66.0 Å². The molecule has 0 bridgehead atoms. The first-order valence-corrected chi connectivity index (χ1v) is 6.72. The number of hydrogen-bond donors (Lipinski definition) is 1. The fourth-order valence-electron chi connectivity index (χ4n) is 3.20. The van der Waals surface area contributed by atoms with Crippen molar-refractivity contribution in [3.8, 4) is 6.01 Å². The molecule has 2 aromatic heterocycles. The standard InChI is InChI=1S/C14H20N4O/c1-9-12-11(17-13(16-9)19-3)10(8-18(12)2)14(15)6-4-5-7-14/h8H,4-7,15H2,1-3H3. The normalized spacial score (nSPS) is 18.1. The third-order valence-electron chi connectivity index (χ3n) is 4.18. The van der Waals surface area contributed by atoms with Crippen molar-refractivity contribution in [1.29, 1.82) is 0 Å². The number of nitrogens with zero attached hydrogens (tertiary/aromatic N) is 3. The molecule has 0 radical (unpaired) electrons. The molecule has 5 nitrogen and oxygen atoms in total. The monoisotopic (exact) mass is 260 g/mol. The van der Waals surface area contributed by atoms with E-state index < -0.39 is 0 Å². The van der Waals surface area contributed by atoms with E-state index in [-0.39, 0.29) is 5.54 Å². The fourth-order valence-corrected chi connectivity index (χ4v) is 3.20. The Hall–Kier alpha value is -1.62. The predicted octanol–water partition coefficient (Wildman–Crippen LogP) is 2.01. The maximum atomic E-state index is 6.59. The van der Waals surface area contributed by atoms with E-state index in [1.165, 1.54) is 12.8 Å². The van der Waals surface area contributed by atoms with Gasteiger partial charge < -0.3 is 15.0 Å². The first kappa shape index (κ1) is 12.4. The van der Waals surface area contributed by atoms with Crippen molar-refractivity contribution in [2.75, 3.05) is 7.11 Å². The van der Waals surface area contributed by atoms with E-state index in [0.717, 1.165) is 35.1 Å². The van der Waals surface area contributed by atoms with Gasteiger partial charge in [0.05, 0.1) is 18.3 Å². The number of aryl methyl sites for hydroxylation is 2. The lowest BCUT2D eigenvalue weighted by Gasteiger charge is -2.22.